The number of methoxy groups -OCH3 is 2. The number of benzene rings is 2. The second-order valence-electron chi connectivity index (χ2n) is 5.07. The summed E-state index contributed by atoms with van der Waals surface area (Å²) in [4.78, 5) is 23.0. The van der Waals surface area contributed by atoms with Gasteiger partial charge in [0.15, 0.2) is 0 Å². The normalized spacial score (nSPS) is 10.4. The summed E-state index contributed by atoms with van der Waals surface area (Å²) in [5.41, 5.74) is 4.19. The van der Waals surface area contributed by atoms with Crippen molar-refractivity contribution in [2.75, 3.05) is 19.5 Å². The Balaban J connectivity index is 2.01. The number of anilines is 1. The van der Waals surface area contributed by atoms with E-state index in [0.29, 0.717) is 28.3 Å². The Bertz CT molecular complexity index is 785. The summed E-state index contributed by atoms with van der Waals surface area (Å²) in [5.74, 6) is 0.711. The molecule has 7 heteroatoms. The van der Waals surface area contributed by atoms with Crippen LogP contribution in [0, 0.1) is 0 Å². The highest BCUT2D eigenvalue weighted by atomic mass is 16.5. The molecule has 0 heterocycles. The van der Waals surface area contributed by atoms with Crippen molar-refractivity contribution in [2.45, 2.75) is 6.92 Å². The van der Waals surface area contributed by atoms with Crippen LogP contribution in [0.3, 0.4) is 0 Å². The van der Waals surface area contributed by atoms with Crippen LogP contribution in [0.2, 0.25) is 0 Å². The predicted molar refractivity (Wildman–Crippen MR) is 95.4 cm³/mol. The molecule has 0 fully saturated rings. The zero-order valence-corrected chi connectivity index (χ0v) is 14.2. The number of hydrazone groups is 1. The van der Waals surface area contributed by atoms with Gasteiger partial charge in [0.05, 0.1) is 20.4 Å². The van der Waals surface area contributed by atoms with E-state index in [4.69, 9.17) is 9.47 Å². The van der Waals surface area contributed by atoms with E-state index in [1.807, 2.05) is 0 Å². The lowest BCUT2D eigenvalue weighted by molar-refractivity contribution is -0.114. The quantitative estimate of drug-likeness (QED) is 0.624. The average molecular weight is 341 g/mol. The van der Waals surface area contributed by atoms with E-state index in [0.717, 1.165) is 0 Å². The van der Waals surface area contributed by atoms with Gasteiger partial charge >= 0.3 is 0 Å². The number of hydrogen-bond donors (Lipinski definition) is 2. The summed E-state index contributed by atoms with van der Waals surface area (Å²) >= 11 is 0. The van der Waals surface area contributed by atoms with Gasteiger partial charge in [0.2, 0.25) is 5.91 Å². The maximum absolute atomic E-state index is 12.1. The SMILES string of the molecule is COc1ccc(C=NNC(=O)c2ccc(NC(C)=O)cc2)c(OC)c1. The van der Waals surface area contributed by atoms with Crippen molar-refractivity contribution in [3.8, 4) is 11.5 Å². The van der Waals surface area contributed by atoms with E-state index in [-0.39, 0.29) is 11.8 Å². The Morgan fingerprint density at radius 3 is 2.36 bits per heavy atom. The number of carbonyl (C=O) groups is 2. The van der Waals surface area contributed by atoms with Crippen LogP contribution in [0.15, 0.2) is 47.6 Å². The van der Waals surface area contributed by atoms with Gasteiger partial charge in [-0.25, -0.2) is 5.43 Å². The van der Waals surface area contributed by atoms with Gasteiger partial charge in [-0.3, -0.25) is 9.59 Å². The molecule has 130 valence electrons. The number of ether oxygens (including phenoxy) is 2. The first-order chi connectivity index (χ1) is 12.0. The average Bonchev–Trinajstić information content (AvgIpc) is 2.61. The smallest absolute Gasteiger partial charge is 0.271 e. The number of nitrogens with one attached hydrogen (secondary N) is 2. The zero-order chi connectivity index (χ0) is 18.2. The highest BCUT2D eigenvalue weighted by Crippen LogP contribution is 2.23. The minimum Gasteiger partial charge on any atom is -0.497 e. The molecule has 2 rings (SSSR count). The van der Waals surface area contributed by atoms with Crippen molar-refractivity contribution in [1.82, 2.24) is 5.43 Å². The number of nitrogens with zero attached hydrogens (tertiary/aromatic N) is 1. The third-order valence-corrected chi connectivity index (χ3v) is 3.28. The summed E-state index contributed by atoms with van der Waals surface area (Å²) in [7, 11) is 3.11. The molecule has 25 heavy (non-hydrogen) atoms. The van der Waals surface area contributed by atoms with Crippen LogP contribution in [0.1, 0.15) is 22.8 Å². The van der Waals surface area contributed by atoms with E-state index in [1.54, 1.807) is 56.7 Å². The molecule has 7 nitrogen and oxygen atoms in total. The fourth-order valence-corrected chi connectivity index (χ4v) is 2.06. The van der Waals surface area contributed by atoms with Gasteiger partial charge in [0.25, 0.3) is 5.91 Å². The molecule has 0 aliphatic carbocycles. The standard InChI is InChI=1S/C18H19N3O4/c1-12(22)20-15-7-4-13(5-8-15)18(23)21-19-11-14-6-9-16(24-2)10-17(14)25-3/h4-11H,1-3H3,(H,20,22)(H,21,23). The van der Waals surface area contributed by atoms with Gasteiger partial charge < -0.3 is 14.8 Å². The van der Waals surface area contributed by atoms with Gasteiger partial charge in [-0.05, 0) is 36.4 Å². The highest BCUT2D eigenvalue weighted by Gasteiger charge is 2.06. The van der Waals surface area contributed by atoms with Gasteiger partial charge in [-0.2, -0.15) is 5.10 Å². The molecule has 0 saturated carbocycles. The molecule has 0 spiro atoms. The fraction of sp³-hybridized carbons (Fsp3) is 0.167. The van der Waals surface area contributed by atoms with Crippen LogP contribution >= 0.6 is 0 Å². The minimum absolute atomic E-state index is 0.171. The van der Waals surface area contributed by atoms with Crippen molar-refractivity contribution in [2.24, 2.45) is 5.10 Å². The van der Waals surface area contributed by atoms with E-state index in [9.17, 15) is 9.59 Å². The number of carbonyl (C=O) groups excluding carboxylic acids is 2. The molecule has 0 aliphatic rings. The fourth-order valence-electron chi connectivity index (χ4n) is 2.06. The molecule has 0 bridgehead atoms. The Hall–Kier alpha value is -3.35. The molecule has 0 aliphatic heterocycles. The van der Waals surface area contributed by atoms with Gasteiger partial charge in [0, 0.05) is 29.8 Å². The Kier molecular flexibility index (Phi) is 6.11. The summed E-state index contributed by atoms with van der Waals surface area (Å²) in [6.07, 6.45) is 1.49. The summed E-state index contributed by atoms with van der Waals surface area (Å²) in [5, 5.41) is 6.57. The number of hydrogen-bond acceptors (Lipinski definition) is 5. The molecule has 0 atom stereocenters. The molecule has 2 amide bonds. The molecule has 2 aromatic carbocycles. The van der Waals surface area contributed by atoms with Gasteiger partial charge in [-0.15, -0.1) is 0 Å². The summed E-state index contributed by atoms with van der Waals surface area (Å²) in [6, 6.07) is 11.8. The van der Waals surface area contributed by atoms with Crippen molar-refractivity contribution in [3.05, 3.63) is 53.6 Å². The first-order valence-electron chi connectivity index (χ1n) is 7.46. The monoisotopic (exact) mass is 341 g/mol. The van der Waals surface area contributed by atoms with E-state index in [2.05, 4.69) is 15.8 Å². The Labute approximate surface area is 145 Å². The second kappa shape index (κ2) is 8.49. The lowest BCUT2D eigenvalue weighted by atomic mass is 10.2. The van der Waals surface area contributed by atoms with Crippen molar-refractivity contribution >= 4 is 23.7 Å². The lowest BCUT2D eigenvalue weighted by Crippen LogP contribution is -2.17. The second-order valence-corrected chi connectivity index (χ2v) is 5.07. The number of rotatable bonds is 6. The third kappa shape index (κ3) is 5.07. The molecule has 2 N–H and O–H groups in total. The third-order valence-electron chi connectivity index (χ3n) is 3.28. The maximum Gasteiger partial charge on any atom is 0.271 e. The summed E-state index contributed by atoms with van der Waals surface area (Å²) < 4.78 is 10.4. The lowest BCUT2D eigenvalue weighted by Gasteiger charge is -2.07. The topological polar surface area (TPSA) is 89.0 Å². The maximum atomic E-state index is 12.1. The van der Waals surface area contributed by atoms with Crippen LogP contribution in [-0.4, -0.2) is 32.2 Å². The molecule has 0 radical (unpaired) electrons. The largest absolute Gasteiger partial charge is 0.497 e. The molecule has 0 unspecified atom stereocenters. The highest BCUT2D eigenvalue weighted by molar-refractivity contribution is 5.96. The first kappa shape index (κ1) is 18.0. The van der Waals surface area contributed by atoms with Gasteiger partial charge in [0.1, 0.15) is 11.5 Å². The summed E-state index contributed by atoms with van der Waals surface area (Å²) in [6.45, 7) is 1.42. The van der Waals surface area contributed by atoms with E-state index in [1.165, 1.54) is 13.1 Å². The predicted octanol–water partition coefficient (Wildman–Crippen LogP) is 2.43. The zero-order valence-electron chi connectivity index (χ0n) is 14.2. The van der Waals surface area contributed by atoms with Crippen LogP contribution in [0.4, 0.5) is 5.69 Å². The molecule has 2 aromatic rings. The Morgan fingerprint density at radius 1 is 1.04 bits per heavy atom. The molecule has 0 aromatic heterocycles. The van der Waals surface area contributed by atoms with E-state index >= 15 is 0 Å². The van der Waals surface area contributed by atoms with Gasteiger partial charge in [-0.1, -0.05) is 0 Å². The molecular formula is C18H19N3O4. The molecular weight excluding hydrogens is 322 g/mol. The van der Waals surface area contributed by atoms with Crippen LogP contribution < -0.4 is 20.2 Å². The number of amides is 2. The van der Waals surface area contributed by atoms with Crippen molar-refractivity contribution < 1.29 is 19.1 Å². The van der Waals surface area contributed by atoms with Crippen LogP contribution in [0.5, 0.6) is 11.5 Å². The molecule has 0 saturated heterocycles. The minimum atomic E-state index is -0.363. The van der Waals surface area contributed by atoms with E-state index < -0.39 is 0 Å². The Morgan fingerprint density at radius 2 is 1.76 bits per heavy atom. The van der Waals surface area contributed by atoms with Crippen LogP contribution in [0.25, 0.3) is 0 Å². The van der Waals surface area contributed by atoms with Crippen molar-refractivity contribution in [1.29, 1.82) is 0 Å². The van der Waals surface area contributed by atoms with Crippen molar-refractivity contribution in [3.63, 3.8) is 0 Å². The first-order valence-corrected chi connectivity index (χ1v) is 7.46. The van der Waals surface area contributed by atoms with Crippen LogP contribution in [-0.2, 0) is 4.79 Å².